The zero-order valence-corrected chi connectivity index (χ0v) is 32.0. The molecule has 2 heterocycles. The maximum atomic E-state index is 4.00. The summed E-state index contributed by atoms with van der Waals surface area (Å²) in [6.45, 7) is 18.7. The molecule has 0 bridgehead atoms. The van der Waals surface area contributed by atoms with Crippen molar-refractivity contribution in [2.75, 3.05) is 0 Å². The summed E-state index contributed by atoms with van der Waals surface area (Å²) in [6, 6.07) is 22.0. The van der Waals surface area contributed by atoms with E-state index >= 15 is 0 Å². The summed E-state index contributed by atoms with van der Waals surface area (Å²) in [7, 11) is -3.29. The summed E-state index contributed by atoms with van der Waals surface area (Å²) >= 11 is 3.93. The average Bonchev–Trinajstić information content (AvgIpc) is 3.63. The molecule has 0 aliphatic heterocycles. The van der Waals surface area contributed by atoms with Crippen molar-refractivity contribution >= 4 is 80.5 Å². The minimum Gasteiger partial charge on any atom is -0.140 e. The summed E-state index contributed by atoms with van der Waals surface area (Å²) in [4.78, 5) is 2.96. The highest BCUT2D eigenvalue weighted by Crippen LogP contribution is 2.41. The highest BCUT2D eigenvalue weighted by atomic mass is 32.1. The van der Waals surface area contributed by atoms with E-state index in [-0.39, 0.29) is 0 Å². The summed E-state index contributed by atoms with van der Waals surface area (Å²) in [5.74, 6) is 7.86. The van der Waals surface area contributed by atoms with Crippen molar-refractivity contribution in [1.82, 2.24) is 0 Å². The van der Waals surface area contributed by atoms with Crippen LogP contribution in [0, 0.1) is 22.9 Å². The average molecular weight is 651 g/mol. The maximum Gasteiger partial charge on any atom is 0.138 e. The van der Waals surface area contributed by atoms with E-state index < -0.39 is 16.1 Å². The fraction of sp³-hybridized carbons (Fsp3) is 0.450. The van der Waals surface area contributed by atoms with Gasteiger partial charge in [-0.05, 0) is 107 Å². The Morgan fingerprint density at radius 2 is 0.818 bits per heavy atom. The van der Waals surface area contributed by atoms with Crippen LogP contribution in [-0.2, 0) is 12.8 Å². The predicted molar refractivity (Wildman–Crippen MR) is 208 cm³/mol. The van der Waals surface area contributed by atoms with Crippen molar-refractivity contribution in [3.63, 3.8) is 0 Å². The third-order valence-electron chi connectivity index (χ3n) is 10.5. The van der Waals surface area contributed by atoms with Gasteiger partial charge in [-0.3, -0.25) is 0 Å². The van der Waals surface area contributed by atoms with Crippen LogP contribution in [0.1, 0.15) is 89.1 Å². The topological polar surface area (TPSA) is 0 Å². The van der Waals surface area contributed by atoms with Gasteiger partial charge in [0.1, 0.15) is 16.1 Å². The standard InChI is InChI=1S/C40H50S2Si2/c1-9-17-31-23-29-25-35-33(19-21-43(11-3,12-4)13-5)38-28-40-30(24-32(42-40)18-10-2)26-36(38)34(37(35)27-39(29)41-31)20-22-44(14-6,15-7)16-8/h23-28H,9-18H2,1-8H3. The number of hydrogen-bond acceptors (Lipinski definition) is 2. The van der Waals surface area contributed by atoms with E-state index in [1.165, 1.54) is 112 Å². The SMILES string of the molecule is CCCc1cc2cc3c(C#C[Si](CC)(CC)CC)c4cc5sc(CCC)cc5cc4c(C#C[Si](CC)(CC)CC)c3cc2s1. The predicted octanol–water partition coefficient (Wildman–Crippen LogP) is 13.1. The third kappa shape index (κ3) is 6.21. The van der Waals surface area contributed by atoms with Gasteiger partial charge in [0.25, 0.3) is 0 Å². The lowest BCUT2D eigenvalue weighted by Crippen LogP contribution is -2.29. The number of aryl methyl sites for hydroxylation is 2. The fourth-order valence-electron chi connectivity index (χ4n) is 6.83. The van der Waals surface area contributed by atoms with Gasteiger partial charge in [-0.25, -0.2) is 0 Å². The molecular weight excluding hydrogens is 601 g/mol. The minimum absolute atomic E-state index is 1.14. The van der Waals surface area contributed by atoms with E-state index in [1.807, 2.05) is 22.7 Å². The molecule has 0 saturated heterocycles. The Bertz CT molecular complexity index is 1670. The Morgan fingerprint density at radius 1 is 0.477 bits per heavy atom. The van der Waals surface area contributed by atoms with Gasteiger partial charge in [0, 0.05) is 41.1 Å². The molecule has 0 nitrogen and oxygen atoms in total. The molecule has 4 heteroatoms. The minimum atomic E-state index is -1.64. The first-order chi connectivity index (χ1) is 21.3. The molecule has 230 valence electrons. The zero-order chi connectivity index (χ0) is 31.5. The second kappa shape index (κ2) is 14.0. The number of thiophene rings is 2. The molecule has 0 atom stereocenters. The van der Waals surface area contributed by atoms with E-state index in [2.05, 4.69) is 115 Å². The van der Waals surface area contributed by atoms with Crippen LogP contribution in [0.5, 0.6) is 0 Å². The van der Waals surface area contributed by atoms with E-state index in [1.54, 1.807) is 0 Å². The highest BCUT2D eigenvalue weighted by molar-refractivity contribution is 7.19. The second-order valence-electron chi connectivity index (χ2n) is 12.7. The van der Waals surface area contributed by atoms with Crippen molar-refractivity contribution in [2.45, 2.75) is 117 Å². The molecule has 3 aromatic carbocycles. The molecule has 0 aliphatic rings. The van der Waals surface area contributed by atoms with Crippen LogP contribution in [0.25, 0.3) is 41.7 Å². The first kappa shape index (κ1) is 33.0. The summed E-state index contributed by atoms with van der Waals surface area (Å²) in [6.07, 6.45) is 4.64. The quantitative estimate of drug-likeness (QED) is 0.0801. The van der Waals surface area contributed by atoms with E-state index in [9.17, 15) is 0 Å². The Balaban J connectivity index is 1.97. The van der Waals surface area contributed by atoms with Crippen LogP contribution < -0.4 is 0 Å². The molecular formula is C40H50S2Si2. The van der Waals surface area contributed by atoms with Gasteiger partial charge in [-0.2, -0.15) is 0 Å². The van der Waals surface area contributed by atoms with Crippen molar-refractivity contribution in [3.8, 4) is 22.9 Å². The van der Waals surface area contributed by atoms with Gasteiger partial charge in [0.15, 0.2) is 0 Å². The zero-order valence-electron chi connectivity index (χ0n) is 28.4. The molecule has 0 radical (unpaired) electrons. The van der Waals surface area contributed by atoms with Gasteiger partial charge in [-0.1, -0.05) is 80.1 Å². The lowest BCUT2D eigenvalue weighted by atomic mass is 9.91. The van der Waals surface area contributed by atoms with Crippen molar-refractivity contribution in [1.29, 1.82) is 0 Å². The van der Waals surface area contributed by atoms with Crippen LogP contribution in [0.4, 0.5) is 0 Å². The number of fused-ring (bicyclic) bond motifs is 4. The van der Waals surface area contributed by atoms with E-state index in [0.717, 1.165) is 12.8 Å². The molecule has 0 unspecified atom stereocenters. The number of rotatable bonds is 10. The first-order valence-electron chi connectivity index (χ1n) is 17.3. The molecule has 0 spiro atoms. The highest BCUT2D eigenvalue weighted by Gasteiger charge is 2.26. The van der Waals surface area contributed by atoms with Crippen LogP contribution in [-0.4, -0.2) is 16.1 Å². The molecule has 5 rings (SSSR count). The Morgan fingerprint density at radius 3 is 1.14 bits per heavy atom. The molecule has 0 fully saturated rings. The molecule has 0 saturated carbocycles. The largest absolute Gasteiger partial charge is 0.140 e. The molecule has 2 aromatic heterocycles. The maximum absolute atomic E-state index is 4.00. The second-order valence-corrected chi connectivity index (χ2v) is 24.9. The van der Waals surface area contributed by atoms with Crippen molar-refractivity contribution in [3.05, 3.63) is 57.3 Å². The number of benzene rings is 3. The molecule has 0 N–H and O–H groups in total. The lowest BCUT2D eigenvalue weighted by Gasteiger charge is -2.21. The van der Waals surface area contributed by atoms with Crippen LogP contribution in [0.15, 0.2) is 36.4 Å². The van der Waals surface area contributed by atoms with Gasteiger partial charge in [0.2, 0.25) is 0 Å². The van der Waals surface area contributed by atoms with Gasteiger partial charge in [-0.15, -0.1) is 33.8 Å². The Labute approximate surface area is 276 Å². The Kier molecular flexibility index (Phi) is 10.5. The molecule has 0 amide bonds. The summed E-state index contributed by atoms with van der Waals surface area (Å²) < 4.78 is 2.77. The van der Waals surface area contributed by atoms with Crippen LogP contribution in [0.3, 0.4) is 0 Å². The molecule has 44 heavy (non-hydrogen) atoms. The smallest absolute Gasteiger partial charge is 0.138 e. The van der Waals surface area contributed by atoms with Gasteiger partial charge in [0.05, 0.1) is 0 Å². The number of hydrogen-bond donors (Lipinski definition) is 0. The lowest BCUT2D eigenvalue weighted by molar-refractivity contribution is 0.940. The van der Waals surface area contributed by atoms with Gasteiger partial charge >= 0.3 is 0 Å². The van der Waals surface area contributed by atoms with Crippen LogP contribution >= 0.6 is 22.7 Å². The van der Waals surface area contributed by atoms with Crippen molar-refractivity contribution < 1.29 is 0 Å². The van der Waals surface area contributed by atoms with Gasteiger partial charge < -0.3 is 0 Å². The fourth-order valence-corrected chi connectivity index (χ4v) is 14.0. The van der Waals surface area contributed by atoms with E-state index in [4.69, 9.17) is 0 Å². The molecule has 5 aromatic rings. The Hall–Kier alpha value is -2.35. The summed E-state index contributed by atoms with van der Waals surface area (Å²) in [5.41, 5.74) is 10.5. The third-order valence-corrected chi connectivity index (χ3v) is 22.2. The van der Waals surface area contributed by atoms with Crippen LogP contribution in [0.2, 0.25) is 36.3 Å². The van der Waals surface area contributed by atoms with Crippen molar-refractivity contribution in [2.24, 2.45) is 0 Å². The van der Waals surface area contributed by atoms with E-state index in [0.29, 0.717) is 0 Å². The monoisotopic (exact) mass is 650 g/mol. The summed E-state index contributed by atoms with van der Waals surface area (Å²) in [5, 5.41) is 7.93. The molecule has 0 aliphatic carbocycles. The normalized spacial score (nSPS) is 12.2. The first-order valence-corrected chi connectivity index (χ1v) is 24.1.